The van der Waals surface area contributed by atoms with Crippen LogP contribution in [0.5, 0.6) is 0 Å². The summed E-state index contributed by atoms with van der Waals surface area (Å²) in [7, 11) is 0. The average molecular weight is 298 g/mol. The molecule has 0 saturated heterocycles. The van der Waals surface area contributed by atoms with Crippen LogP contribution in [0.3, 0.4) is 0 Å². The molecule has 20 heavy (non-hydrogen) atoms. The van der Waals surface area contributed by atoms with E-state index in [1.807, 2.05) is 0 Å². The smallest absolute Gasteiger partial charge is 0.0281 e. The molecule has 1 N–H and O–H groups in total. The molecule has 0 unspecified atom stereocenters. The molecular weight excluding hydrogens is 262 g/mol. The zero-order chi connectivity index (χ0) is 14.1. The molecule has 0 aliphatic heterocycles. The van der Waals surface area contributed by atoms with Crippen LogP contribution in [-0.4, -0.2) is 23.6 Å². The van der Waals surface area contributed by atoms with Crippen LogP contribution < -0.4 is 5.32 Å². The highest BCUT2D eigenvalue weighted by molar-refractivity contribution is 8.00. The molecule has 0 spiro atoms. The van der Waals surface area contributed by atoms with Crippen molar-refractivity contribution >= 4 is 11.8 Å². The van der Waals surface area contributed by atoms with E-state index in [0.717, 1.165) is 6.04 Å². The molecule has 0 atom stereocenters. The van der Waals surface area contributed by atoms with Crippen molar-refractivity contribution in [3.05, 3.63) is 0 Å². The van der Waals surface area contributed by atoms with Crippen molar-refractivity contribution in [3.8, 4) is 0 Å². The first-order valence-electron chi connectivity index (χ1n) is 9.13. The second-order valence-corrected chi connectivity index (χ2v) is 8.35. The predicted octanol–water partition coefficient (Wildman–Crippen LogP) is 5.54. The van der Waals surface area contributed by atoms with E-state index in [-0.39, 0.29) is 0 Å². The number of hydrogen-bond acceptors (Lipinski definition) is 2. The fourth-order valence-electron chi connectivity index (χ4n) is 3.72. The Hall–Kier alpha value is 0.310. The van der Waals surface area contributed by atoms with Gasteiger partial charge in [-0.2, -0.15) is 11.8 Å². The van der Waals surface area contributed by atoms with Crippen molar-refractivity contribution < 1.29 is 0 Å². The van der Waals surface area contributed by atoms with Crippen LogP contribution in [0.2, 0.25) is 0 Å². The Labute approximate surface area is 131 Å². The second-order valence-electron chi connectivity index (χ2n) is 7.08. The third-order valence-electron chi connectivity index (χ3n) is 5.52. The Bertz CT molecular complexity index is 232. The minimum Gasteiger partial charge on any atom is -0.313 e. The third kappa shape index (κ3) is 5.60. The molecule has 0 aromatic carbocycles. The Morgan fingerprint density at radius 1 is 0.800 bits per heavy atom. The topological polar surface area (TPSA) is 12.0 Å². The molecule has 0 heterocycles. The molecule has 2 fully saturated rings. The minimum atomic E-state index is 0.601. The largest absolute Gasteiger partial charge is 0.313 e. The number of rotatable bonds is 4. The zero-order valence-corrected chi connectivity index (χ0v) is 14.4. The highest BCUT2D eigenvalue weighted by Crippen LogP contribution is 2.42. The van der Waals surface area contributed by atoms with Crippen LogP contribution in [0.15, 0.2) is 0 Å². The van der Waals surface area contributed by atoms with Crippen molar-refractivity contribution in [3.63, 3.8) is 0 Å². The first kappa shape index (κ1) is 16.7. The molecule has 0 aromatic heterocycles. The van der Waals surface area contributed by atoms with Crippen LogP contribution in [0.1, 0.15) is 89.9 Å². The lowest BCUT2D eigenvalue weighted by atomic mass is 9.83. The van der Waals surface area contributed by atoms with Gasteiger partial charge in [0, 0.05) is 17.3 Å². The SMILES string of the molecule is CSC1(CNC2CCCCCCCCCCC2)CCC1. The van der Waals surface area contributed by atoms with Crippen LogP contribution in [0.25, 0.3) is 0 Å². The molecule has 0 aromatic rings. The number of hydrogen-bond donors (Lipinski definition) is 1. The van der Waals surface area contributed by atoms with E-state index in [4.69, 9.17) is 0 Å². The lowest BCUT2D eigenvalue weighted by Gasteiger charge is -2.41. The van der Waals surface area contributed by atoms with E-state index >= 15 is 0 Å². The van der Waals surface area contributed by atoms with Crippen molar-refractivity contribution in [2.75, 3.05) is 12.8 Å². The van der Waals surface area contributed by atoms with Crippen molar-refractivity contribution in [2.45, 2.75) is 101 Å². The maximum absolute atomic E-state index is 3.95. The van der Waals surface area contributed by atoms with Gasteiger partial charge in [-0.15, -0.1) is 0 Å². The summed E-state index contributed by atoms with van der Waals surface area (Å²) in [6.45, 7) is 1.26. The fourth-order valence-corrected chi connectivity index (χ4v) is 4.65. The van der Waals surface area contributed by atoms with Crippen LogP contribution >= 0.6 is 11.8 Å². The third-order valence-corrected chi connectivity index (χ3v) is 6.93. The summed E-state index contributed by atoms with van der Waals surface area (Å²) in [6.07, 6.45) is 22.7. The molecule has 0 radical (unpaired) electrons. The summed E-state index contributed by atoms with van der Waals surface area (Å²) in [5, 5.41) is 3.95. The minimum absolute atomic E-state index is 0.601. The van der Waals surface area contributed by atoms with Gasteiger partial charge in [0.2, 0.25) is 0 Å². The lowest BCUT2D eigenvalue weighted by molar-refractivity contribution is 0.312. The highest BCUT2D eigenvalue weighted by Gasteiger charge is 2.36. The predicted molar refractivity (Wildman–Crippen MR) is 92.7 cm³/mol. The summed E-state index contributed by atoms with van der Waals surface area (Å²) in [4.78, 5) is 0. The highest BCUT2D eigenvalue weighted by atomic mass is 32.2. The summed E-state index contributed by atoms with van der Waals surface area (Å²) < 4.78 is 0.601. The van der Waals surface area contributed by atoms with Gasteiger partial charge in [0.1, 0.15) is 0 Å². The molecule has 118 valence electrons. The zero-order valence-electron chi connectivity index (χ0n) is 13.6. The molecule has 2 aliphatic rings. The number of thioether (sulfide) groups is 1. The van der Waals surface area contributed by atoms with E-state index < -0.39 is 0 Å². The summed E-state index contributed by atoms with van der Waals surface area (Å²) in [6, 6.07) is 0.805. The number of nitrogens with one attached hydrogen (secondary N) is 1. The van der Waals surface area contributed by atoms with E-state index in [9.17, 15) is 0 Å². The van der Waals surface area contributed by atoms with Crippen molar-refractivity contribution in [1.29, 1.82) is 0 Å². The van der Waals surface area contributed by atoms with Gasteiger partial charge in [0.15, 0.2) is 0 Å². The molecular formula is C18H35NS. The normalized spacial score (nSPS) is 26.2. The first-order chi connectivity index (χ1) is 9.85. The monoisotopic (exact) mass is 297 g/mol. The Kier molecular flexibility index (Phi) is 7.80. The lowest BCUT2D eigenvalue weighted by Crippen LogP contribution is -2.46. The molecule has 2 saturated carbocycles. The molecule has 1 nitrogen and oxygen atoms in total. The molecule has 0 amide bonds. The molecule has 2 heteroatoms. The van der Waals surface area contributed by atoms with Gasteiger partial charge in [-0.05, 0) is 31.9 Å². The first-order valence-corrected chi connectivity index (χ1v) is 10.4. The van der Waals surface area contributed by atoms with E-state index in [1.165, 1.54) is 96.4 Å². The maximum Gasteiger partial charge on any atom is 0.0281 e. The summed E-state index contributed by atoms with van der Waals surface area (Å²) in [5.74, 6) is 0. The molecule has 0 bridgehead atoms. The van der Waals surface area contributed by atoms with Crippen LogP contribution in [0, 0.1) is 0 Å². The van der Waals surface area contributed by atoms with E-state index in [0.29, 0.717) is 4.75 Å². The average Bonchev–Trinajstić information content (AvgIpc) is 2.40. The fraction of sp³-hybridized carbons (Fsp3) is 1.00. The van der Waals surface area contributed by atoms with Crippen molar-refractivity contribution in [2.24, 2.45) is 0 Å². The van der Waals surface area contributed by atoms with Gasteiger partial charge in [0.25, 0.3) is 0 Å². The second kappa shape index (κ2) is 9.35. The van der Waals surface area contributed by atoms with Gasteiger partial charge in [-0.3, -0.25) is 0 Å². The molecule has 2 aliphatic carbocycles. The molecule has 2 rings (SSSR count). The maximum atomic E-state index is 3.95. The van der Waals surface area contributed by atoms with Gasteiger partial charge in [-0.1, -0.05) is 64.2 Å². The Balaban J connectivity index is 1.71. The van der Waals surface area contributed by atoms with Crippen LogP contribution in [-0.2, 0) is 0 Å². The van der Waals surface area contributed by atoms with Crippen LogP contribution in [0.4, 0.5) is 0 Å². The standard InChI is InChI=1S/C18H35NS/c1-20-18(14-11-15-18)16-19-17-12-9-7-5-3-2-4-6-8-10-13-17/h17,19H,2-16H2,1H3. The van der Waals surface area contributed by atoms with Crippen molar-refractivity contribution in [1.82, 2.24) is 5.32 Å². The Morgan fingerprint density at radius 3 is 1.70 bits per heavy atom. The van der Waals surface area contributed by atoms with E-state index in [1.54, 1.807) is 0 Å². The Morgan fingerprint density at radius 2 is 1.30 bits per heavy atom. The van der Waals surface area contributed by atoms with Gasteiger partial charge >= 0.3 is 0 Å². The van der Waals surface area contributed by atoms with Gasteiger partial charge in [-0.25, -0.2) is 0 Å². The van der Waals surface area contributed by atoms with Gasteiger partial charge in [0.05, 0.1) is 0 Å². The summed E-state index contributed by atoms with van der Waals surface area (Å²) >= 11 is 2.11. The van der Waals surface area contributed by atoms with E-state index in [2.05, 4.69) is 23.3 Å². The summed E-state index contributed by atoms with van der Waals surface area (Å²) in [5.41, 5.74) is 0. The quantitative estimate of drug-likeness (QED) is 0.731. The van der Waals surface area contributed by atoms with Gasteiger partial charge < -0.3 is 5.32 Å².